The van der Waals surface area contributed by atoms with E-state index in [9.17, 15) is 9.59 Å². The number of amides is 1. The predicted molar refractivity (Wildman–Crippen MR) is 148 cm³/mol. The molecule has 0 saturated heterocycles. The minimum absolute atomic E-state index is 0.0349. The predicted octanol–water partition coefficient (Wildman–Crippen LogP) is 5.69. The Bertz CT molecular complexity index is 474. The Kier molecular flexibility index (Phi) is 27.9. The van der Waals surface area contributed by atoms with Crippen LogP contribution in [-0.4, -0.2) is 71.1 Å². The quantitative estimate of drug-likeness (QED) is 0.175. The largest absolute Gasteiger partial charge is 0.381 e. The first-order chi connectivity index (χ1) is 17.0. The van der Waals surface area contributed by atoms with E-state index in [0.717, 1.165) is 45.7 Å². The summed E-state index contributed by atoms with van der Waals surface area (Å²) in [5.74, 6) is 2.73. The van der Waals surface area contributed by atoms with Gasteiger partial charge in [-0.1, -0.05) is 55.4 Å². The average Bonchev–Trinajstić information content (AvgIpc) is 2.78. The third-order valence-corrected chi connectivity index (χ3v) is 4.89. The molecule has 0 saturated carbocycles. The van der Waals surface area contributed by atoms with Crippen molar-refractivity contribution in [2.75, 3.05) is 59.4 Å². The van der Waals surface area contributed by atoms with Gasteiger partial charge in [-0.25, -0.2) is 0 Å². The lowest BCUT2D eigenvalue weighted by Gasteiger charge is -2.09. The van der Waals surface area contributed by atoms with Crippen LogP contribution in [0.3, 0.4) is 0 Å². The molecule has 36 heavy (non-hydrogen) atoms. The number of nitrogens with one attached hydrogen (secondary N) is 1. The first kappa shape index (κ1) is 37.1. The van der Waals surface area contributed by atoms with E-state index in [-0.39, 0.29) is 11.7 Å². The second-order valence-corrected chi connectivity index (χ2v) is 11.0. The standard InChI is InChI=1S/C15H30O3.C14H29NO3/c1-13(2)7-10-17-9-5-6-15(16)8-11-18-12-14(3)4;1-12(2)5-8-17-9-6-14(16)15-7-10-18-11-13(3)4/h13-14H,5-12H2,1-4H3;12-13H,5-11H2,1-4H3,(H,15,16). The van der Waals surface area contributed by atoms with Gasteiger partial charge in [0.1, 0.15) is 5.78 Å². The number of ketones is 1. The molecule has 0 heterocycles. The first-order valence-electron chi connectivity index (χ1n) is 14.1. The molecule has 1 amide bonds. The minimum Gasteiger partial charge on any atom is -0.381 e. The second-order valence-electron chi connectivity index (χ2n) is 11.0. The Morgan fingerprint density at radius 3 is 1.58 bits per heavy atom. The van der Waals surface area contributed by atoms with Gasteiger partial charge < -0.3 is 24.3 Å². The van der Waals surface area contributed by atoms with Crippen LogP contribution in [0.1, 0.15) is 93.9 Å². The molecule has 7 heteroatoms. The normalized spacial score (nSPS) is 11.3. The SMILES string of the molecule is CC(C)CCOCCC(=O)NCCOCC(C)C.CC(C)CCOCCCC(=O)CCOCC(C)C. The van der Waals surface area contributed by atoms with E-state index in [1.807, 2.05) is 0 Å². The molecule has 0 rings (SSSR count). The summed E-state index contributed by atoms with van der Waals surface area (Å²) in [6, 6.07) is 0. The Labute approximate surface area is 222 Å². The summed E-state index contributed by atoms with van der Waals surface area (Å²) in [5.41, 5.74) is 0. The summed E-state index contributed by atoms with van der Waals surface area (Å²) < 4.78 is 21.6. The second kappa shape index (κ2) is 27.0. The fourth-order valence-electron chi connectivity index (χ4n) is 2.68. The highest BCUT2D eigenvalue weighted by atomic mass is 16.5. The van der Waals surface area contributed by atoms with Gasteiger partial charge >= 0.3 is 0 Å². The van der Waals surface area contributed by atoms with E-state index >= 15 is 0 Å². The Hall–Kier alpha value is -1.02. The first-order valence-corrected chi connectivity index (χ1v) is 14.1. The Morgan fingerprint density at radius 1 is 0.556 bits per heavy atom. The van der Waals surface area contributed by atoms with Gasteiger partial charge in [0.05, 0.1) is 19.8 Å². The smallest absolute Gasteiger partial charge is 0.222 e. The van der Waals surface area contributed by atoms with E-state index < -0.39 is 0 Å². The molecule has 7 nitrogen and oxygen atoms in total. The van der Waals surface area contributed by atoms with Gasteiger partial charge in [-0.3, -0.25) is 9.59 Å². The number of hydrogen-bond acceptors (Lipinski definition) is 6. The molecular formula is C29H59NO6. The zero-order chi connectivity index (χ0) is 27.6. The highest BCUT2D eigenvalue weighted by Gasteiger charge is 2.03. The molecule has 1 N–H and O–H groups in total. The van der Waals surface area contributed by atoms with Crippen LogP contribution < -0.4 is 5.32 Å². The molecule has 0 aromatic heterocycles. The van der Waals surface area contributed by atoms with Crippen molar-refractivity contribution in [2.45, 2.75) is 93.9 Å². The van der Waals surface area contributed by atoms with Crippen molar-refractivity contribution in [2.24, 2.45) is 23.7 Å². The Morgan fingerprint density at radius 2 is 1.06 bits per heavy atom. The molecule has 0 spiro atoms. The molecule has 0 aromatic rings. The number of rotatable bonds is 23. The third-order valence-electron chi connectivity index (χ3n) is 4.89. The minimum atomic E-state index is 0.0349. The molecular weight excluding hydrogens is 458 g/mol. The van der Waals surface area contributed by atoms with Gasteiger partial charge in [0.25, 0.3) is 0 Å². The molecule has 216 valence electrons. The van der Waals surface area contributed by atoms with Crippen LogP contribution in [0, 0.1) is 23.7 Å². The van der Waals surface area contributed by atoms with Crippen molar-refractivity contribution in [3.63, 3.8) is 0 Å². The van der Waals surface area contributed by atoms with Crippen LogP contribution in [0.15, 0.2) is 0 Å². The average molecular weight is 518 g/mol. The highest BCUT2D eigenvalue weighted by Crippen LogP contribution is 2.02. The maximum absolute atomic E-state index is 11.5. The van der Waals surface area contributed by atoms with Crippen molar-refractivity contribution in [1.82, 2.24) is 5.32 Å². The lowest BCUT2D eigenvalue weighted by Crippen LogP contribution is -2.28. The fraction of sp³-hybridized carbons (Fsp3) is 0.931. The number of Topliss-reactive ketones (excluding diaryl/α,β-unsaturated/α-hetero) is 1. The fourth-order valence-corrected chi connectivity index (χ4v) is 2.68. The lowest BCUT2D eigenvalue weighted by atomic mass is 10.1. The molecule has 0 fully saturated rings. The molecule has 0 aliphatic carbocycles. The van der Waals surface area contributed by atoms with Crippen LogP contribution in [-0.2, 0) is 28.5 Å². The van der Waals surface area contributed by atoms with E-state index in [2.05, 4.69) is 60.7 Å². The van der Waals surface area contributed by atoms with Crippen LogP contribution in [0.25, 0.3) is 0 Å². The van der Waals surface area contributed by atoms with E-state index in [4.69, 9.17) is 18.9 Å². The molecule has 0 radical (unpaired) electrons. The van der Waals surface area contributed by atoms with Crippen molar-refractivity contribution >= 4 is 11.7 Å². The maximum Gasteiger partial charge on any atom is 0.222 e. The van der Waals surface area contributed by atoms with Crippen LogP contribution in [0.5, 0.6) is 0 Å². The van der Waals surface area contributed by atoms with Crippen molar-refractivity contribution < 1.29 is 28.5 Å². The number of ether oxygens (including phenoxy) is 4. The van der Waals surface area contributed by atoms with Crippen LogP contribution in [0.2, 0.25) is 0 Å². The number of carbonyl (C=O) groups excluding carboxylic acids is 2. The molecule has 0 aliphatic rings. The monoisotopic (exact) mass is 517 g/mol. The van der Waals surface area contributed by atoms with Crippen molar-refractivity contribution in [1.29, 1.82) is 0 Å². The van der Waals surface area contributed by atoms with Gasteiger partial charge in [0, 0.05) is 58.8 Å². The summed E-state index contributed by atoms with van der Waals surface area (Å²) >= 11 is 0. The highest BCUT2D eigenvalue weighted by molar-refractivity contribution is 5.78. The van der Waals surface area contributed by atoms with E-state index in [0.29, 0.717) is 75.9 Å². The number of hydrogen-bond donors (Lipinski definition) is 1. The zero-order valence-corrected chi connectivity index (χ0v) is 24.9. The van der Waals surface area contributed by atoms with Gasteiger partial charge in [0.15, 0.2) is 0 Å². The molecule has 0 aromatic carbocycles. The molecule has 0 bridgehead atoms. The summed E-state index contributed by atoms with van der Waals surface area (Å²) in [7, 11) is 0. The zero-order valence-electron chi connectivity index (χ0n) is 24.9. The summed E-state index contributed by atoms with van der Waals surface area (Å²) in [4.78, 5) is 22.9. The van der Waals surface area contributed by atoms with Gasteiger partial charge in [-0.2, -0.15) is 0 Å². The molecule has 0 atom stereocenters. The van der Waals surface area contributed by atoms with Gasteiger partial charge in [-0.15, -0.1) is 0 Å². The maximum atomic E-state index is 11.5. The topological polar surface area (TPSA) is 83.1 Å². The summed E-state index contributed by atoms with van der Waals surface area (Å²) in [5, 5.41) is 2.81. The summed E-state index contributed by atoms with van der Waals surface area (Å²) in [6.07, 6.45) is 4.57. The number of carbonyl (C=O) groups is 2. The van der Waals surface area contributed by atoms with E-state index in [1.54, 1.807) is 0 Å². The van der Waals surface area contributed by atoms with Crippen molar-refractivity contribution in [3.05, 3.63) is 0 Å². The van der Waals surface area contributed by atoms with Gasteiger partial charge in [0.2, 0.25) is 5.91 Å². The summed E-state index contributed by atoms with van der Waals surface area (Å²) in [6.45, 7) is 23.1. The van der Waals surface area contributed by atoms with E-state index in [1.165, 1.54) is 0 Å². The van der Waals surface area contributed by atoms with Gasteiger partial charge in [-0.05, 0) is 42.9 Å². The molecule has 0 unspecified atom stereocenters. The Balaban J connectivity index is 0. The third kappa shape index (κ3) is 35.1. The molecule has 0 aliphatic heterocycles. The lowest BCUT2D eigenvalue weighted by molar-refractivity contribution is -0.122. The van der Waals surface area contributed by atoms with Crippen LogP contribution >= 0.6 is 0 Å². The van der Waals surface area contributed by atoms with Crippen molar-refractivity contribution in [3.8, 4) is 0 Å². The van der Waals surface area contributed by atoms with Crippen LogP contribution in [0.4, 0.5) is 0 Å².